The number of aromatic nitrogens is 3. The van der Waals surface area contributed by atoms with E-state index in [1.54, 1.807) is 25.4 Å². The Morgan fingerprint density at radius 1 is 1.22 bits per heavy atom. The number of rotatable bonds is 7. The molecule has 2 aliphatic carbocycles. The first kappa shape index (κ1) is 22.5. The molecule has 0 aromatic carbocycles. The molecule has 2 bridgehead atoms. The van der Waals surface area contributed by atoms with E-state index in [-0.39, 0.29) is 59.5 Å². The number of fused-ring (bicyclic) bond motifs is 5. The van der Waals surface area contributed by atoms with Crippen molar-refractivity contribution in [3.8, 4) is 11.6 Å². The Labute approximate surface area is 202 Å². The molecule has 170 valence electrons. The highest BCUT2D eigenvalue weighted by atomic mass is 127. The molecule has 5 rings (SSSR count). The number of allylic oxidation sites excluding steroid dienone is 2. The number of amides is 2. The third-order valence-electron chi connectivity index (χ3n) is 6.34. The van der Waals surface area contributed by atoms with Gasteiger partial charge in [-0.3, -0.25) is 24.6 Å². The van der Waals surface area contributed by atoms with Gasteiger partial charge in [-0.25, -0.2) is 4.98 Å². The van der Waals surface area contributed by atoms with Gasteiger partial charge in [0.05, 0.1) is 18.1 Å². The molecule has 10 nitrogen and oxygen atoms in total. The van der Waals surface area contributed by atoms with Crippen molar-refractivity contribution in [2.24, 2.45) is 28.7 Å². The average molecular weight is 551 g/mol. The fourth-order valence-corrected chi connectivity index (χ4v) is 4.91. The summed E-state index contributed by atoms with van der Waals surface area (Å²) in [5.74, 6) is 2.63. The molecular formula is C21H26IN7O3. The number of imide groups is 1. The Morgan fingerprint density at radius 3 is 2.59 bits per heavy atom. The lowest BCUT2D eigenvalue weighted by Gasteiger charge is -2.18. The highest BCUT2D eigenvalue weighted by Crippen LogP contribution is 2.52. The molecule has 4 atom stereocenters. The van der Waals surface area contributed by atoms with Gasteiger partial charge in [0.15, 0.2) is 11.7 Å². The zero-order chi connectivity index (χ0) is 21.4. The van der Waals surface area contributed by atoms with E-state index in [2.05, 4.69) is 43.0 Å². The van der Waals surface area contributed by atoms with E-state index in [4.69, 9.17) is 4.42 Å². The van der Waals surface area contributed by atoms with Gasteiger partial charge in [-0.1, -0.05) is 12.2 Å². The fourth-order valence-electron chi connectivity index (χ4n) is 4.91. The standard InChI is InChI=1S/C21H25N7O3.HI/c1-22-21(23-7-6-15-25-18(27-26-15)14-3-2-10-31-14)24-8-9-28-19(29)16-12-4-5-13(11-12)17(16)20(28)30;/h2-5,10,12-13,16-17H,6-9,11H2,1H3,(H2,22,23,24)(H,25,26,27);1H. The van der Waals surface area contributed by atoms with Gasteiger partial charge in [-0.15, -0.1) is 24.0 Å². The van der Waals surface area contributed by atoms with Gasteiger partial charge in [0, 0.05) is 33.1 Å². The van der Waals surface area contributed by atoms with Crippen molar-refractivity contribution in [2.75, 3.05) is 26.7 Å². The summed E-state index contributed by atoms with van der Waals surface area (Å²) in [5.41, 5.74) is 0. The predicted octanol–water partition coefficient (Wildman–Crippen LogP) is 1.20. The second-order valence-corrected chi connectivity index (χ2v) is 8.09. The number of carbonyl (C=O) groups excluding carboxylic acids is 2. The first-order chi connectivity index (χ1) is 15.2. The third kappa shape index (κ3) is 4.05. The molecule has 1 saturated heterocycles. The number of H-pyrrole nitrogens is 1. The Morgan fingerprint density at radius 2 is 1.94 bits per heavy atom. The van der Waals surface area contributed by atoms with Crippen LogP contribution in [0, 0.1) is 23.7 Å². The van der Waals surface area contributed by atoms with Crippen LogP contribution in [0.15, 0.2) is 40.0 Å². The van der Waals surface area contributed by atoms with E-state index in [0.29, 0.717) is 43.6 Å². The second kappa shape index (κ2) is 9.43. The minimum Gasteiger partial charge on any atom is -0.461 e. The molecule has 1 aliphatic heterocycles. The number of carbonyl (C=O) groups is 2. The first-order valence-electron chi connectivity index (χ1n) is 10.6. The molecule has 2 aromatic rings. The Bertz CT molecular complexity index is 1000. The monoisotopic (exact) mass is 551 g/mol. The molecule has 32 heavy (non-hydrogen) atoms. The van der Waals surface area contributed by atoms with E-state index in [1.807, 2.05) is 0 Å². The maximum Gasteiger partial charge on any atom is 0.233 e. The lowest BCUT2D eigenvalue weighted by Crippen LogP contribution is -2.44. The molecule has 11 heteroatoms. The van der Waals surface area contributed by atoms with Crippen LogP contribution in [-0.4, -0.2) is 64.5 Å². The Hall–Kier alpha value is -2.70. The smallest absolute Gasteiger partial charge is 0.233 e. The zero-order valence-corrected chi connectivity index (χ0v) is 20.0. The number of hydrogen-bond donors (Lipinski definition) is 3. The van der Waals surface area contributed by atoms with Crippen molar-refractivity contribution in [1.29, 1.82) is 0 Å². The maximum absolute atomic E-state index is 12.7. The van der Waals surface area contributed by atoms with E-state index in [9.17, 15) is 9.59 Å². The summed E-state index contributed by atoms with van der Waals surface area (Å²) >= 11 is 0. The molecule has 4 unspecified atom stereocenters. The van der Waals surface area contributed by atoms with Crippen LogP contribution < -0.4 is 10.6 Å². The zero-order valence-electron chi connectivity index (χ0n) is 17.7. The number of halogens is 1. The summed E-state index contributed by atoms with van der Waals surface area (Å²) < 4.78 is 5.29. The van der Waals surface area contributed by atoms with Gasteiger partial charge in [-0.2, -0.15) is 5.10 Å². The van der Waals surface area contributed by atoms with Gasteiger partial charge in [0.1, 0.15) is 5.82 Å². The molecule has 2 aromatic heterocycles. The van der Waals surface area contributed by atoms with Crippen LogP contribution in [0.25, 0.3) is 11.6 Å². The van der Waals surface area contributed by atoms with Crippen LogP contribution in [0.4, 0.5) is 0 Å². The van der Waals surface area contributed by atoms with Gasteiger partial charge >= 0.3 is 0 Å². The van der Waals surface area contributed by atoms with Crippen molar-refractivity contribution in [2.45, 2.75) is 12.8 Å². The summed E-state index contributed by atoms with van der Waals surface area (Å²) in [4.78, 5) is 35.5. The molecule has 2 fully saturated rings. The number of hydrogen-bond acceptors (Lipinski definition) is 6. The first-order valence-corrected chi connectivity index (χ1v) is 10.6. The lowest BCUT2D eigenvalue weighted by molar-refractivity contribution is -0.140. The van der Waals surface area contributed by atoms with E-state index >= 15 is 0 Å². The maximum atomic E-state index is 12.7. The summed E-state index contributed by atoms with van der Waals surface area (Å²) in [6.07, 6.45) is 7.37. The second-order valence-electron chi connectivity index (χ2n) is 8.09. The summed E-state index contributed by atoms with van der Waals surface area (Å²) in [6.45, 7) is 1.39. The van der Waals surface area contributed by atoms with Gasteiger partial charge in [0.25, 0.3) is 0 Å². The summed E-state index contributed by atoms with van der Waals surface area (Å²) in [7, 11) is 1.68. The van der Waals surface area contributed by atoms with Crippen molar-refractivity contribution in [1.82, 2.24) is 30.7 Å². The molecule has 3 heterocycles. The number of guanidine groups is 1. The molecule has 3 N–H and O–H groups in total. The normalized spacial score (nSPS) is 25.9. The SMILES string of the molecule is CN=C(NCCc1nc(-c2ccco2)n[nH]1)NCCN1C(=O)C2C3C=CC(C3)C2C1=O.I. The van der Waals surface area contributed by atoms with E-state index in [1.165, 1.54) is 4.90 Å². The van der Waals surface area contributed by atoms with Gasteiger partial charge in [0.2, 0.25) is 17.6 Å². The van der Waals surface area contributed by atoms with Crippen LogP contribution >= 0.6 is 24.0 Å². The largest absolute Gasteiger partial charge is 0.461 e. The topological polar surface area (TPSA) is 129 Å². The molecular weight excluding hydrogens is 525 g/mol. The number of furan rings is 1. The minimum atomic E-state index is -0.145. The quantitative estimate of drug-likeness (QED) is 0.155. The number of nitrogens with one attached hydrogen (secondary N) is 3. The molecule has 0 radical (unpaired) electrons. The molecule has 0 spiro atoms. The molecule has 2 amide bonds. The Balaban J connectivity index is 0.00000245. The van der Waals surface area contributed by atoms with Crippen molar-refractivity contribution < 1.29 is 14.0 Å². The Kier molecular flexibility index (Phi) is 6.63. The predicted molar refractivity (Wildman–Crippen MR) is 127 cm³/mol. The van der Waals surface area contributed by atoms with Crippen LogP contribution in [0.2, 0.25) is 0 Å². The number of aliphatic imine (C=N–C) groups is 1. The van der Waals surface area contributed by atoms with Gasteiger partial charge in [-0.05, 0) is 30.4 Å². The third-order valence-corrected chi connectivity index (χ3v) is 6.34. The van der Waals surface area contributed by atoms with Crippen LogP contribution in [0.3, 0.4) is 0 Å². The molecule has 1 saturated carbocycles. The number of aromatic amines is 1. The van der Waals surface area contributed by atoms with E-state index in [0.717, 1.165) is 12.2 Å². The molecule has 3 aliphatic rings. The van der Waals surface area contributed by atoms with Crippen LogP contribution in [-0.2, 0) is 16.0 Å². The van der Waals surface area contributed by atoms with Crippen LogP contribution in [0.5, 0.6) is 0 Å². The van der Waals surface area contributed by atoms with Crippen LogP contribution in [0.1, 0.15) is 12.2 Å². The van der Waals surface area contributed by atoms with Crippen molar-refractivity contribution in [3.05, 3.63) is 36.4 Å². The summed E-state index contributed by atoms with van der Waals surface area (Å²) in [6, 6.07) is 3.60. The lowest BCUT2D eigenvalue weighted by atomic mass is 9.85. The highest BCUT2D eigenvalue weighted by Gasteiger charge is 2.58. The highest BCUT2D eigenvalue weighted by molar-refractivity contribution is 14.0. The van der Waals surface area contributed by atoms with E-state index < -0.39 is 0 Å². The van der Waals surface area contributed by atoms with Gasteiger partial charge < -0.3 is 15.1 Å². The van der Waals surface area contributed by atoms with Crippen molar-refractivity contribution in [3.63, 3.8) is 0 Å². The fraction of sp³-hybridized carbons (Fsp3) is 0.476. The number of likely N-dealkylation sites (tertiary alicyclic amines) is 1. The number of nitrogens with zero attached hydrogens (tertiary/aromatic N) is 4. The summed E-state index contributed by atoms with van der Waals surface area (Å²) in [5, 5.41) is 13.4. The van der Waals surface area contributed by atoms with Crippen molar-refractivity contribution >= 4 is 41.8 Å². The average Bonchev–Trinajstić information content (AvgIpc) is 3.59. The minimum absolute atomic E-state index is 0.